The van der Waals surface area contributed by atoms with E-state index < -0.39 is 5.60 Å². The van der Waals surface area contributed by atoms with E-state index in [2.05, 4.69) is 15.6 Å². The second kappa shape index (κ2) is 6.86. The van der Waals surface area contributed by atoms with Gasteiger partial charge in [-0.3, -0.25) is 0 Å². The molecular formula is C13H23N3O2S. The van der Waals surface area contributed by atoms with Gasteiger partial charge in [0.15, 0.2) is 0 Å². The number of nitrogens with zero attached hydrogens (tertiary/aromatic N) is 1. The van der Waals surface area contributed by atoms with E-state index >= 15 is 0 Å². The number of carbonyl (C=O) groups is 1. The fourth-order valence-corrected chi connectivity index (χ4v) is 2.08. The van der Waals surface area contributed by atoms with E-state index in [0.717, 1.165) is 10.7 Å². The third kappa shape index (κ3) is 7.12. The zero-order valence-electron chi connectivity index (χ0n) is 12.2. The van der Waals surface area contributed by atoms with Gasteiger partial charge in [0.1, 0.15) is 5.60 Å². The zero-order valence-corrected chi connectivity index (χ0v) is 13.1. The highest BCUT2D eigenvalue weighted by molar-refractivity contribution is 7.09. The molecular weight excluding hydrogens is 262 g/mol. The highest BCUT2D eigenvalue weighted by Gasteiger charge is 2.17. The van der Waals surface area contributed by atoms with Gasteiger partial charge in [0.05, 0.1) is 10.7 Å². The molecule has 5 nitrogen and oxygen atoms in total. The van der Waals surface area contributed by atoms with Crippen LogP contribution in [0.4, 0.5) is 4.79 Å². The summed E-state index contributed by atoms with van der Waals surface area (Å²) in [5.41, 5.74) is 0.571. The van der Waals surface area contributed by atoms with Crippen LogP contribution >= 0.6 is 11.3 Å². The van der Waals surface area contributed by atoms with Crippen LogP contribution in [-0.4, -0.2) is 29.3 Å². The van der Waals surface area contributed by atoms with E-state index in [4.69, 9.17) is 4.74 Å². The predicted molar refractivity (Wildman–Crippen MR) is 77.4 cm³/mol. The molecule has 1 amide bonds. The molecule has 1 heterocycles. The van der Waals surface area contributed by atoms with Gasteiger partial charge in [0, 0.05) is 24.5 Å². The highest BCUT2D eigenvalue weighted by Crippen LogP contribution is 2.08. The molecule has 0 radical (unpaired) electrons. The molecule has 1 aromatic heterocycles. The first kappa shape index (κ1) is 15.9. The van der Waals surface area contributed by atoms with Gasteiger partial charge in [-0.25, -0.2) is 9.78 Å². The number of nitrogens with one attached hydrogen (secondary N) is 2. The highest BCUT2D eigenvalue weighted by atomic mass is 32.1. The van der Waals surface area contributed by atoms with Crippen molar-refractivity contribution < 1.29 is 9.53 Å². The molecule has 0 saturated heterocycles. The lowest BCUT2D eigenvalue weighted by molar-refractivity contribution is 0.0508. The fraction of sp³-hybridized carbons (Fsp3) is 0.692. The van der Waals surface area contributed by atoms with Gasteiger partial charge in [-0.15, -0.1) is 11.3 Å². The second-order valence-corrected chi connectivity index (χ2v) is 6.60. The van der Waals surface area contributed by atoms with Crippen molar-refractivity contribution in [3.05, 3.63) is 16.1 Å². The minimum atomic E-state index is -0.463. The molecule has 1 rings (SSSR count). The molecule has 0 saturated carbocycles. The minimum Gasteiger partial charge on any atom is -0.444 e. The maximum atomic E-state index is 11.5. The summed E-state index contributed by atoms with van der Waals surface area (Å²) in [6.45, 7) is 10.9. The van der Waals surface area contributed by atoms with Crippen molar-refractivity contribution in [1.82, 2.24) is 15.6 Å². The Hall–Kier alpha value is -1.14. The topological polar surface area (TPSA) is 63.2 Å². The van der Waals surface area contributed by atoms with Gasteiger partial charge in [-0.2, -0.15) is 0 Å². The maximum Gasteiger partial charge on any atom is 0.407 e. The number of hydrogen-bond donors (Lipinski definition) is 2. The van der Waals surface area contributed by atoms with Crippen LogP contribution in [0, 0.1) is 6.92 Å². The maximum absolute atomic E-state index is 11.5. The summed E-state index contributed by atoms with van der Waals surface area (Å²) in [6, 6.07) is 0.00887. The van der Waals surface area contributed by atoms with E-state index in [1.807, 2.05) is 40.0 Å². The van der Waals surface area contributed by atoms with Crippen molar-refractivity contribution in [3.8, 4) is 0 Å². The summed E-state index contributed by atoms with van der Waals surface area (Å²) in [7, 11) is 0. The summed E-state index contributed by atoms with van der Waals surface area (Å²) < 4.78 is 5.19. The molecule has 2 N–H and O–H groups in total. The Morgan fingerprint density at radius 3 is 2.74 bits per heavy atom. The van der Waals surface area contributed by atoms with Crippen LogP contribution in [0.2, 0.25) is 0 Å². The molecule has 1 unspecified atom stereocenters. The molecule has 1 aromatic rings. The molecule has 0 spiro atoms. The summed E-state index contributed by atoms with van der Waals surface area (Å²) in [4.78, 5) is 15.9. The largest absolute Gasteiger partial charge is 0.444 e. The number of alkyl carbamates (subject to hydrolysis) is 1. The number of aromatic nitrogens is 1. The summed E-state index contributed by atoms with van der Waals surface area (Å²) in [5, 5.41) is 9.15. The molecule has 0 aliphatic carbocycles. The quantitative estimate of drug-likeness (QED) is 0.872. The Labute approximate surface area is 118 Å². The lowest BCUT2D eigenvalue weighted by atomic mass is 10.2. The van der Waals surface area contributed by atoms with E-state index in [0.29, 0.717) is 13.1 Å². The monoisotopic (exact) mass is 285 g/mol. The zero-order chi connectivity index (χ0) is 14.5. The second-order valence-electron chi connectivity index (χ2n) is 5.54. The van der Waals surface area contributed by atoms with Gasteiger partial charge in [0.25, 0.3) is 0 Å². The minimum absolute atomic E-state index is 0.00887. The SMILES string of the molecule is Cc1nc(CNCC(C)NC(=O)OC(C)(C)C)cs1. The number of hydrogen-bond acceptors (Lipinski definition) is 5. The fourth-order valence-electron chi connectivity index (χ4n) is 1.47. The van der Waals surface area contributed by atoms with Crippen molar-refractivity contribution in [3.63, 3.8) is 0 Å². The molecule has 0 aromatic carbocycles. The summed E-state index contributed by atoms with van der Waals surface area (Å²) in [5.74, 6) is 0. The van der Waals surface area contributed by atoms with Gasteiger partial charge in [-0.05, 0) is 34.6 Å². The number of thiazole rings is 1. The van der Waals surface area contributed by atoms with Gasteiger partial charge in [0.2, 0.25) is 0 Å². The molecule has 0 bridgehead atoms. The van der Waals surface area contributed by atoms with Crippen LogP contribution < -0.4 is 10.6 Å². The molecule has 108 valence electrons. The number of ether oxygens (including phenoxy) is 1. The Bertz CT molecular complexity index is 412. The van der Waals surface area contributed by atoms with Gasteiger partial charge in [-0.1, -0.05) is 0 Å². The predicted octanol–water partition coefficient (Wildman–Crippen LogP) is 2.45. The summed E-state index contributed by atoms with van der Waals surface area (Å²) >= 11 is 1.64. The van der Waals surface area contributed by atoms with Crippen LogP contribution in [0.15, 0.2) is 5.38 Å². The van der Waals surface area contributed by atoms with E-state index in [9.17, 15) is 4.79 Å². The molecule has 6 heteroatoms. The number of aryl methyl sites for hydroxylation is 1. The third-order valence-corrected chi connectivity index (χ3v) is 3.01. The first-order valence-electron chi connectivity index (χ1n) is 6.37. The molecule has 0 aliphatic rings. The lowest BCUT2D eigenvalue weighted by Gasteiger charge is -2.22. The van der Waals surface area contributed by atoms with E-state index in [1.54, 1.807) is 11.3 Å². The molecule has 0 fully saturated rings. The van der Waals surface area contributed by atoms with Crippen molar-refractivity contribution in [1.29, 1.82) is 0 Å². The van der Waals surface area contributed by atoms with Gasteiger partial charge >= 0.3 is 6.09 Å². The Morgan fingerprint density at radius 2 is 2.21 bits per heavy atom. The van der Waals surface area contributed by atoms with Crippen LogP contribution in [0.1, 0.15) is 38.4 Å². The average Bonchev–Trinajstić information content (AvgIpc) is 2.60. The first-order chi connectivity index (χ1) is 8.76. The Morgan fingerprint density at radius 1 is 1.53 bits per heavy atom. The standard InChI is InChI=1S/C13H23N3O2S/c1-9(15-12(17)18-13(3,4)5)6-14-7-11-8-19-10(2)16-11/h8-9,14H,6-7H2,1-5H3,(H,15,17). The molecule has 0 aliphatic heterocycles. The average molecular weight is 285 g/mol. The van der Waals surface area contributed by atoms with Crippen LogP contribution in [0.25, 0.3) is 0 Å². The summed E-state index contributed by atoms with van der Waals surface area (Å²) in [6.07, 6.45) is -0.383. The third-order valence-electron chi connectivity index (χ3n) is 2.19. The van der Waals surface area contributed by atoms with E-state index in [1.165, 1.54) is 0 Å². The molecule has 19 heavy (non-hydrogen) atoms. The van der Waals surface area contributed by atoms with Crippen molar-refractivity contribution in [2.45, 2.75) is 52.8 Å². The number of rotatable bonds is 5. The lowest BCUT2D eigenvalue weighted by Crippen LogP contribution is -2.42. The number of amides is 1. The van der Waals surface area contributed by atoms with Crippen LogP contribution in [0.3, 0.4) is 0 Å². The van der Waals surface area contributed by atoms with Crippen LogP contribution in [-0.2, 0) is 11.3 Å². The Balaban J connectivity index is 2.21. The van der Waals surface area contributed by atoms with E-state index in [-0.39, 0.29) is 12.1 Å². The normalized spacial score (nSPS) is 13.1. The van der Waals surface area contributed by atoms with Gasteiger partial charge < -0.3 is 15.4 Å². The van der Waals surface area contributed by atoms with Crippen molar-refractivity contribution in [2.75, 3.05) is 6.54 Å². The Kier molecular flexibility index (Phi) is 5.75. The smallest absolute Gasteiger partial charge is 0.407 e. The van der Waals surface area contributed by atoms with Crippen molar-refractivity contribution in [2.24, 2.45) is 0 Å². The first-order valence-corrected chi connectivity index (χ1v) is 7.25. The number of carbonyl (C=O) groups excluding carboxylic acids is 1. The van der Waals surface area contributed by atoms with Crippen molar-refractivity contribution >= 4 is 17.4 Å². The van der Waals surface area contributed by atoms with Crippen LogP contribution in [0.5, 0.6) is 0 Å². The molecule has 1 atom stereocenters.